The summed E-state index contributed by atoms with van der Waals surface area (Å²) in [5, 5.41) is 15.1. The van der Waals surface area contributed by atoms with Crippen LogP contribution in [0.3, 0.4) is 0 Å². The zero-order valence-corrected chi connectivity index (χ0v) is 15.5. The standard InChI is InChI=1S/C21H20N2O5/c1-27-17-11-10-16(23(25)26)18-14-4-3-5-15(14)19(22-20(17)18)12-6-8-13(9-7-12)21(24)28-2/h3-4,6-11,14-15,19,22H,5H2,1-2H3/t14-,15+,19-/m0/s1. The number of hydrogen-bond acceptors (Lipinski definition) is 6. The lowest BCUT2D eigenvalue weighted by atomic mass is 9.76. The number of nitrogens with one attached hydrogen (secondary N) is 1. The fraction of sp³-hybridized carbons (Fsp3) is 0.286. The molecule has 1 aliphatic heterocycles. The number of nitro groups is 1. The monoisotopic (exact) mass is 380 g/mol. The van der Waals surface area contributed by atoms with Crippen molar-refractivity contribution in [3.63, 3.8) is 0 Å². The number of rotatable bonds is 4. The van der Waals surface area contributed by atoms with Gasteiger partial charge in [0.25, 0.3) is 5.69 Å². The molecule has 2 aromatic rings. The number of esters is 1. The van der Waals surface area contributed by atoms with Gasteiger partial charge in [-0.2, -0.15) is 0 Å². The molecule has 144 valence electrons. The summed E-state index contributed by atoms with van der Waals surface area (Å²) in [6, 6.07) is 10.3. The van der Waals surface area contributed by atoms with E-state index in [0.29, 0.717) is 22.6 Å². The average Bonchev–Trinajstić information content (AvgIpc) is 3.21. The number of benzene rings is 2. The fourth-order valence-electron chi connectivity index (χ4n) is 4.27. The van der Waals surface area contributed by atoms with Crippen LogP contribution in [0.4, 0.5) is 11.4 Å². The van der Waals surface area contributed by atoms with Gasteiger partial charge >= 0.3 is 5.97 Å². The lowest BCUT2D eigenvalue weighted by Crippen LogP contribution is -2.30. The lowest BCUT2D eigenvalue weighted by molar-refractivity contribution is -0.385. The van der Waals surface area contributed by atoms with Crippen LogP contribution in [0.25, 0.3) is 0 Å². The van der Waals surface area contributed by atoms with E-state index in [-0.39, 0.29) is 34.5 Å². The summed E-state index contributed by atoms with van der Waals surface area (Å²) in [6.07, 6.45) is 4.94. The van der Waals surface area contributed by atoms with Gasteiger partial charge in [0, 0.05) is 12.0 Å². The van der Waals surface area contributed by atoms with Crippen molar-refractivity contribution >= 4 is 17.3 Å². The second-order valence-electron chi connectivity index (χ2n) is 6.92. The Morgan fingerprint density at radius 1 is 1.18 bits per heavy atom. The molecule has 2 aliphatic rings. The van der Waals surface area contributed by atoms with Gasteiger partial charge in [0.1, 0.15) is 5.75 Å². The van der Waals surface area contributed by atoms with Gasteiger partial charge in [-0.3, -0.25) is 10.1 Å². The Kier molecular flexibility index (Phi) is 4.50. The van der Waals surface area contributed by atoms with E-state index in [4.69, 9.17) is 9.47 Å². The molecule has 0 saturated heterocycles. The van der Waals surface area contributed by atoms with Crippen LogP contribution in [0, 0.1) is 16.0 Å². The fourth-order valence-corrected chi connectivity index (χ4v) is 4.27. The van der Waals surface area contributed by atoms with Gasteiger partial charge in [-0.25, -0.2) is 4.79 Å². The first-order valence-electron chi connectivity index (χ1n) is 9.02. The summed E-state index contributed by atoms with van der Waals surface area (Å²) < 4.78 is 10.2. The molecular weight excluding hydrogens is 360 g/mol. The minimum absolute atomic E-state index is 0.0601. The summed E-state index contributed by atoms with van der Waals surface area (Å²) >= 11 is 0. The highest BCUT2D eigenvalue weighted by molar-refractivity contribution is 5.89. The van der Waals surface area contributed by atoms with Crippen LogP contribution < -0.4 is 10.1 Å². The average molecular weight is 380 g/mol. The number of methoxy groups -OCH3 is 2. The number of nitrogens with zero attached hydrogens (tertiary/aromatic N) is 1. The van der Waals surface area contributed by atoms with Crippen LogP contribution in [-0.4, -0.2) is 25.1 Å². The van der Waals surface area contributed by atoms with E-state index < -0.39 is 0 Å². The minimum Gasteiger partial charge on any atom is -0.495 e. The summed E-state index contributed by atoms with van der Waals surface area (Å²) in [5.74, 6) is 0.265. The predicted molar refractivity (Wildman–Crippen MR) is 104 cm³/mol. The van der Waals surface area contributed by atoms with E-state index in [1.54, 1.807) is 25.3 Å². The van der Waals surface area contributed by atoms with E-state index in [1.165, 1.54) is 13.2 Å². The molecule has 2 aromatic carbocycles. The summed E-state index contributed by atoms with van der Waals surface area (Å²) in [4.78, 5) is 23.0. The minimum atomic E-state index is -0.383. The van der Waals surface area contributed by atoms with Crippen molar-refractivity contribution in [2.75, 3.05) is 19.5 Å². The van der Waals surface area contributed by atoms with Gasteiger partial charge in [0.2, 0.25) is 0 Å². The molecule has 1 heterocycles. The third-order valence-corrected chi connectivity index (χ3v) is 5.57. The first kappa shape index (κ1) is 18.0. The Morgan fingerprint density at radius 2 is 1.93 bits per heavy atom. The highest BCUT2D eigenvalue weighted by atomic mass is 16.6. The van der Waals surface area contributed by atoms with Gasteiger partial charge in [0.05, 0.1) is 42.0 Å². The lowest BCUT2D eigenvalue weighted by Gasteiger charge is -2.37. The molecule has 1 aliphatic carbocycles. The van der Waals surface area contributed by atoms with Crippen molar-refractivity contribution in [2.24, 2.45) is 5.92 Å². The Hall–Kier alpha value is -3.35. The maximum Gasteiger partial charge on any atom is 0.337 e. The van der Waals surface area contributed by atoms with Crippen molar-refractivity contribution in [3.8, 4) is 5.75 Å². The van der Waals surface area contributed by atoms with E-state index in [1.807, 2.05) is 18.2 Å². The quantitative estimate of drug-likeness (QED) is 0.370. The highest BCUT2D eigenvalue weighted by Crippen LogP contribution is 2.54. The molecule has 0 amide bonds. The predicted octanol–water partition coefficient (Wildman–Crippen LogP) is 4.22. The topological polar surface area (TPSA) is 90.7 Å². The van der Waals surface area contributed by atoms with Crippen LogP contribution >= 0.6 is 0 Å². The number of carbonyl (C=O) groups excluding carboxylic acids is 1. The van der Waals surface area contributed by atoms with Crippen molar-refractivity contribution in [3.05, 3.63) is 75.4 Å². The Balaban J connectivity index is 1.79. The number of hydrogen-bond donors (Lipinski definition) is 1. The van der Waals surface area contributed by atoms with Crippen molar-refractivity contribution < 1.29 is 19.2 Å². The third kappa shape index (κ3) is 2.79. The molecule has 0 radical (unpaired) electrons. The van der Waals surface area contributed by atoms with Gasteiger partial charge in [-0.05, 0) is 36.1 Å². The third-order valence-electron chi connectivity index (χ3n) is 5.57. The Morgan fingerprint density at radius 3 is 2.57 bits per heavy atom. The number of carbonyl (C=O) groups is 1. The van der Waals surface area contributed by atoms with Crippen molar-refractivity contribution in [1.29, 1.82) is 0 Å². The zero-order valence-electron chi connectivity index (χ0n) is 15.5. The smallest absolute Gasteiger partial charge is 0.337 e. The summed E-state index contributed by atoms with van der Waals surface area (Å²) in [5.41, 5.74) is 2.92. The largest absolute Gasteiger partial charge is 0.495 e. The van der Waals surface area contributed by atoms with Gasteiger partial charge in [-0.1, -0.05) is 24.3 Å². The molecule has 0 unspecified atom stereocenters. The van der Waals surface area contributed by atoms with Crippen LogP contribution in [0.5, 0.6) is 5.75 Å². The Labute approximate surface area is 162 Å². The van der Waals surface area contributed by atoms with E-state index in [9.17, 15) is 14.9 Å². The molecule has 0 spiro atoms. The maximum atomic E-state index is 11.7. The molecule has 0 bridgehead atoms. The molecule has 0 aromatic heterocycles. The van der Waals surface area contributed by atoms with Crippen molar-refractivity contribution in [1.82, 2.24) is 0 Å². The molecule has 4 rings (SSSR count). The molecule has 3 atom stereocenters. The summed E-state index contributed by atoms with van der Waals surface area (Å²) in [7, 11) is 2.91. The molecule has 7 heteroatoms. The van der Waals surface area contributed by atoms with E-state index in [2.05, 4.69) is 11.4 Å². The van der Waals surface area contributed by atoms with E-state index in [0.717, 1.165) is 12.0 Å². The molecule has 0 saturated carbocycles. The van der Waals surface area contributed by atoms with Crippen molar-refractivity contribution in [2.45, 2.75) is 18.4 Å². The zero-order chi connectivity index (χ0) is 19.8. The number of ether oxygens (including phenoxy) is 2. The first-order valence-corrected chi connectivity index (χ1v) is 9.02. The molecular formula is C21H20N2O5. The second-order valence-corrected chi connectivity index (χ2v) is 6.92. The normalized spacial score (nSPS) is 22.0. The second kappa shape index (κ2) is 6.99. The van der Waals surface area contributed by atoms with Gasteiger partial charge in [-0.15, -0.1) is 0 Å². The van der Waals surface area contributed by atoms with Crippen LogP contribution in [0.15, 0.2) is 48.6 Å². The molecule has 1 N–H and O–H groups in total. The Bertz CT molecular complexity index is 968. The number of nitro benzene ring substituents is 1. The van der Waals surface area contributed by atoms with Crippen LogP contribution in [-0.2, 0) is 4.74 Å². The number of fused-ring (bicyclic) bond motifs is 3. The first-order chi connectivity index (χ1) is 13.5. The SMILES string of the molecule is COC(=O)c1ccc([C@@H]2Nc3c(OC)ccc([N+](=O)[O-])c3[C@H]3C=CC[C@H]32)cc1. The summed E-state index contributed by atoms with van der Waals surface area (Å²) in [6.45, 7) is 0. The van der Waals surface area contributed by atoms with E-state index >= 15 is 0 Å². The number of allylic oxidation sites excluding steroid dienone is 2. The maximum absolute atomic E-state index is 11.7. The van der Waals surface area contributed by atoms with Crippen LogP contribution in [0.1, 0.15) is 39.9 Å². The van der Waals surface area contributed by atoms with Gasteiger partial charge < -0.3 is 14.8 Å². The number of anilines is 1. The van der Waals surface area contributed by atoms with Crippen LogP contribution in [0.2, 0.25) is 0 Å². The van der Waals surface area contributed by atoms with Gasteiger partial charge in [0.15, 0.2) is 0 Å². The molecule has 28 heavy (non-hydrogen) atoms. The molecule has 7 nitrogen and oxygen atoms in total. The highest BCUT2D eigenvalue weighted by Gasteiger charge is 2.42. The molecule has 0 fully saturated rings.